The first-order valence-corrected chi connectivity index (χ1v) is 8.28. The summed E-state index contributed by atoms with van der Waals surface area (Å²) in [6.45, 7) is 0. The zero-order valence-electron chi connectivity index (χ0n) is 12.5. The number of aromatic nitrogens is 1. The molecule has 1 aliphatic carbocycles. The van der Waals surface area contributed by atoms with E-state index in [9.17, 15) is 9.59 Å². The number of hydrogen-bond donors (Lipinski definition) is 2. The summed E-state index contributed by atoms with van der Waals surface area (Å²) in [6, 6.07) is 3.12. The van der Waals surface area contributed by atoms with E-state index in [4.69, 9.17) is 40.7 Å². The van der Waals surface area contributed by atoms with Crippen LogP contribution in [0.25, 0.3) is 0 Å². The molecule has 1 amide bonds. The average molecular weight is 462 g/mol. The van der Waals surface area contributed by atoms with Gasteiger partial charge in [-0.3, -0.25) is 28.4 Å². The maximum Gasteiger partial charge on any atom is 2.00 e. The van der Waals surface area contributed by atoms with E-state index in [1.165, 1.54) is 30.7 Å². The zero-order chi connectivity index (χ0) is 19.0. The molecule has 0 saturated heterocycles. The molecule has 0 spiro atoms. The number of nitrogens with zero attached hydrogens (tertiary/aromatic N) is 1. The van der Waals surface area contributed by atoms with Gasteiger partial charge in [0.1, 0.15) is 0 Å². The van der Waals surface area contributed by atoms with Crippen LogP contribution in [0.3, 0.4) is 0 Å². The van der Waals surface area contributed by atoms with Gasteiger partial charge in [0.25, 0.3) is 5.91 Å². The van der Waals surface area contributed by atoms with E-state index in [-0.39, 0.29) is 39.4 Å². The SMILES string of the molecule is O=C1C(Cl)=CC(Cl)=C/C1=C/NNC(=O)c1ccncc1.O=S(=O)([O-])[O-].[Fe+2]. The summed E-state index contributed by atoms with van der Waals surface area (Å²) in [5.41, 5.74) is 5.63. The number of ketones is 1. The molecule has 0 radical (unpaired) electrons. The Hall–Kier alpha value is -1.72. The number of allylic oxidation sites excluding steroid dienone is 5. The van der Waals surface area contributed by atoms with Crippen LogP contribution in [-0.2, 0) is 32.3 Å². The van der Waals surface area contributed by atoms with Crippen LogP contribution in [0.5, 0.6) is 0 Å². The van der Waals surface area contributed by atoms with Crippen molar-refractivity contribution in [3.8, 4) is 0 Å². The maximum absolute atomic E-state index is 11.7. The molecule has 1 heterocycles. The fraction of sp³-hybridized carbons (Fsp3) is 0. The van der Waals surface area contributed by atoms with Crippen LogP contribution in [0.15, 0.2) is 58.5 Å². The molecule has 0 saturated carbocycles. The van der Waals surface area contributed by atoms with Crippen LogP contribution in [0.4, 0.5) is 0 Å². The van der Waals surface area contributed by atoms with Gasteiger partial charge in [-0.25, -0.2) is 0 Å². The number of carbonyl (C=O) groups is 2. The van der Waals surface area contributed by atoms with Crippen LogP contribution >= 0.6 is 23.2 Å². The van der Waals surface area contributed by atoms with Gasteiger partial charge in [-0.1, -0.05) is 23.2 Å². The van der Waals surface area contributed by atoms with Crippen molar-refractivity contribution in [2.45, 2.75) is 0 Å². The Morgan fingerprint density at radius 1 is 1.15 bits per heavy atom. The summed E-state index contributed by atoms with van der Waals surface area (Å²) in [7, 11) is -5.17. The molecule has 0 bridgehead atoms. The molecule has 0 fully saturated rings. The fourth-order valence-electron chi connectivity index (χ4n) is 1.44. The Bertz CT molecular complexity index is 848. The minimum atomic E-state index is -5.17. The van der Waals surface area contributed by atoms with Gasteiger partial charge in [0.2, 0.25) is 5.78 Å². The van der Waals surface area contributed by atoms with Gasteiger partial charge in [0, 0.05) is 45.2 Å². The Balaban J connectivity index is 0.000000923. The topological polar surface area (TPSA) is 151 Å². The van der Waals surface area contributed by atoms with E-state index in [1.807, 2.05) is 0 Å². The Kier molecular flexibility index (Phi) is 10.4. The second kappa shape index (κ2) is 11.1. The van der Waals surface area contributed by atoms with Crippen molar-refractivity contribution in [2.24, 2.45) is 0 Å². The van der Waals surface area contributed by atoms with Crippen LogP contribution in [0.2, 0.25) is 0 Å². The van der Waals surface area contributed by atoms with Crippen molar-refractivity contribution in [1.82, 2.24) is 15.8 Å². The number of hydrazine groups is 1. The summed E-state index contributed by atoms with van der Waals surface area (Å²) >= 11 is 11.5. The third kappa shape index (κ3) is 9.68. The number of nitrogens with one attached hydrogen (secondary N) is 2. The Labute approximate surface area is 169 Å². The second-order valence-electron chi connectivity index (χ2n) is 4.19. The minimum Gasteiger partial charge on any atom is -0.759 e. The number of halogens is 2. The first kappa shape index (κ1) is 24.3. The van der Waals surface area contributed by atoms with E-state index in [0.717, 1.165) is 0 Å². The molecule has 1 aromatic rings. The molecular weight excluding hydrogens is 453 g/mol. The van der Waals surface area contributed by atoms with E-state index < -0.39 is 10.4 Å². The predicted octanol–water partition coefficient (Wildman–Crippen LogP) is 0.688. The van der Waals surface area contributed by atoms with Crippen molar-refractivity contribution in [3.05, 3.63) is 64.1 Å². The van der Waals surface area contributed by atoms with Gasteiger partial charge in [-0.15, -0.1) is 0 Å². The van der Waals surface area contributed by atoms with Crippen molar-refractivity contribution in [2.75, 3.05) is 0 Å². The zero-order valence-corrected chi connectivity index (χ0v) is 15.9. The Morgan fingerprint density at radius 2 is 1.69 bits per heavy atom. The number of Topliss-reactive ketones (excluding diaryl/α,β-unsaturated/α-hetero) is 1. The second-order valence-corrected chi connectivity index (χ2v) is 5.85. The van der Waals surface area contributed by atoms with Gasteiger partial charge in [0.05, 0.1) is 5.03 Å². The molecule has 2 N–H and O–H groups in total. The van der Waals surface area contributed by atoms with Crippen LogP contribution in [0, 0.1) is 0 Å². The molecule has 1 aliphatic rings. The average Bonchev–Trinajstić information content (AvgIpc) is 2.51. The molecule has 0 atom stereocenters. The van der Waals surface area contributed by atoms with Crippen molar-refractivity contribution < 1.29 is 44.2 Å². The van der Waals surface area contributed by atoms with E-state index in [1.54, 1.807) is 12.1 Å². The van der Waals surface area contributed by atoms with E-state index in [2.05, 4.69) is 15.8 Å². The van der Waals surface area contributed by atoms with Gasteiger partial charge in [-0.2, -0.15) is 0 Å². The Morgan fingerprint density at radius 3 is 2.23 bits per heavy atom. The molecular formula is C13H9Cl2FeN3O6S. The van der Waals surface area contributed by atoms with Gasteiger partial charge >= 0.3 is 17.1 Å². The molecule has 0 aliphatic heterocycles. The number of rotatable bonds is 3. The molecule has 2 rings (SSSR count). The van der Waals surface area contributed by atoms with Crippen molar-refractivity contribution in [3.63, 3.8) is 0 Å². The van der Waals surface area contributed by atoms with Gasteiger partial charge in [-0.05, 0) is 24.3 Å². The van der Waals surface area contributed by atoms with Crippen molar-refractivity contribution in [1.29, 1.82) is 0 Å². The first-order valence-electron chi connectivity index (χ1n) is 6.20. The number of amides is 1. The number of pyridine rings is 1. The number of carbonyl (C=O) groups excluding carboxylic acids is 2. The predicted molar refractivity (Wildman–Crippen MR) is 86.3 cm³/mol. The summed E-state index contributed by atoms with van der Waals surface area (Å²) < 4.78 is 34.1. The third-order valence-electron chi connectivity index (χ3n) is 2.39. The van der Waals surface area contributed by atoms with Gasteiger partial charge < -0.3 is 14.5 Å². The molecule has 0 unspecified atom stereocenters. The summed E-state index contributed by atoms with van der Waals surface area (Å²) in [4.78, 5) is 27.2. The molecule has 1 aromatic heterocycles. The van der Waals surface area contributed by atoms with Crippen LogP contribution < -0.4 is 10.9 Å². The first-order chi connectivity index (χ1) is 11.6. The van der Waals surface area contributed by atoms with Crippen molar-refractivity contribution >= 4 is 45.3 Å². The van der Waals surface area contributed by atoms with Gasteiger partial charge in [0.15, 0.2) is 0 Å². The monoisotopic (exact) mass is 461 g/mol. The normalized spacial score (nSPS) is 14.9. The molecule has 9 nitrogen and oxygen atoms in total. The van der Waals surface area contributed by atoms with Crippen LogP contribution in [-0.4, -0.2) is 34.2 Å². The molecule has 0 aromatic carbocycles. The molecule has 26 heavy (non-hydrogen) atoms. The maximum atomic E-state index is 11.7. The molecule has 140 valence electrons. The van der Waals surface area contributed by atoms with E-state index >= 15 is 0 Å². The third-order valence-corrected chi connectivity index (χ3v) is 2.89. The quantitative estimate of drug-likeness (QED) is 0.219. The van der Waals surface area contributed by atoms with Crippen LogP contribution in [0.1, 0.15) is 10.4 Å². The minimum absolute atomic E-state index is 0. The summed E-state index contributed by atoms with van der Waals surface area (Å²) in [5.74, 6) is -0.731. The molecule has 13 heteroatoms. The summed E-state index contributed by atoms with van der Waals surface area (Å²) in [6.07, 6.45) is 7.13. The largest absolute Gasteiger partial charge is 2.00 e. The summed E-state index contributed by atoms with van der Waals surface area (Å²) in [5, 5.41) is 0.356. The smallest absolute Gasteiger partial charge is 0.759 e. The standard InChI is InChI=1S/C13H9Cl2N3O2.Fe.H2O4S/c14-10-5-9(12(19)11(15)6-10)7-17-18-13(20)8-1-3-16-4-2-8;;1-5(2,3)4/h1-7,17H,(H,18,20);;(H2,1,2,3,4)/q;+2;/p-2/b9-7-;;. The fourth-order valence-corrected chi connectivity index (χ4v) is 1.95. The van der Waals surface area contributed by atoms with E-state index in [0.29, 0.717) is 10.6 Å². The number of hydrogen-bond acceptors (Lipinski definition) is 8.